The average molecular weight is 449 g/mol. The van der Waals surface area contributed by atoms with Gasteiger partial charge < -0.3 is 25.3 Å². The lowest BCUT2D eigenvalue weighted by Gasteiger charge is -2.24. The van der Waals surface area contributed by atoms with Crippen molar-refractivity contribution < 1.29 is 9.53 Å². The summed E-state index contributed by atoms with van der Waals surface area (Å²) in [5, 5.41) is 11.1. The van der Waals surface area contributed by atoms with Gasteiger partial charge in [-0.2, -0.15) is 0 Å². The van der Waals surface area contributed by atoms with Gasteiger partial charge in [0.1, 0.15) is 16.8 Å². The molecule has 0 saturated heterocycles. The Morgan fingerprint density at radius 2 is 2.09 bits per heavy atom. The summed E-state index contributed by atoms with van der Waals surface area (Å²) >= 11 is 0. The number of nitrogens with zero attached hydrogens (tertiary/aromatic N) is 4. The van der Waals surface area contributed by atoms with E-state index < -0.39 is 11.7 Å². The Bertz CT molecular complexity index is 1360. The van der Waals surface area contributed by atoms with Gasteiger partial charge in [0.15, 0.2) is 11.8 Å². The van der Waals surface area contributed by atoms with Crippen LogP contribution in [-0.4, -0.2) is 44.2 Å². The minimum Gasteiger partial charge on any atom is -0.443 e. The molecule has 0 aliphatic carbocycles. The van der Waals surface area contributed by atoms with Crippen LogP contribution in [0.15, 0.2) is 36.7 Å². The summed E-state index contributed by atoms with van der Waals surface area (Å²) in [6.07, 6.45) is 1.21. The highest BCUT2D eigenvalue weighted by Crippen LogP contribution is 2.33. The lowest BCUT2D eigenvalue weighted by atomic mass is 10.1. The molecule has 10 heteroatoms. The molecule has 0 saturated carbocycles. The van der Waals surface area contributed by atoms with Crippen LogP contribution in [0, 0.1) is 5.41 Å². The SMILES string of the molecule is CN(C(=O)OC(C)(C)C)c1nc2[nH]c(-c3cccc(CNC(=N)N)c3)cc2c2c1ncn2C. The van der Waals surface area contributed by atoms with Crippen LogP contribution in [0.25, 0.3) is 33.3 Å². The van der Waals surface area contributed by atoms with E-state index in [0.29, 0.717) is 23.5 Å². The molecule has 0 aliphatic heterocycles. The van der Waals surface area contributed by atoms with Crippen LogP contribution in [0.1, 0.15) is 26.3 Å². The number of anilines is 1. The van der Waals surface area contributed by atoms with E-state index in [1.54, 1.807) is 13.4 Å². The van der Waals surface area contributed by atoms with Crippen LogP contribution in [0.4, 0.5) is 10.6 Å². The number of carbonyl (C=O) groups excluding carboxylic acids is 1. The Hall–Kier alpha value is -4.08. The number of aromatic nitrogens is 4. The number of ether oxygens (including phenoxy) is 1. The summed E-state index contributed by atoms with van der Waals surface area (Å²) in [5.41, 5.74) is 9.73. The number of aromatic amines is 1. The van der Waals surface area contributed by atoms with Gasteiger partial charge in [-0.1, -0.05) is 18.2 Å². The Morgan fingerprint density at radius 3 is 2.79 bits per heavy atom. The van der Waals surface area contributed by atoms with E-state index in [1.807, 2.05) is 62.7 Å². The van der Waals surface area contributed by atoms with Crippen LogP contribution < -0.4 is 16.0 Å². The van der Waals surface area contributed by atoms with E-state index >= 15 is 0 Å². The molecule has 4 rings (SSSR count). The number of rotatable bonds is 4. The second-order valence-electron chi connectivity index (χ2n) is 8.94. The van der Waals surface area contributed by atoms with E-state index in [9.17, 15) is 4.79 Å². The number of aryl methyl sites for hydroxylation is 1. The number of H-pyrrole nitrogens is 1. The largest absolute Gasteiger partial charge is 0.443 e. The maximum absolute atomic E-state index is 12.7. The van der Waals surface area contributed by atoms with Gasteiger partial charge in [0.25, 0.3) is 0 Å². The third-order valence-corrected chi connectivity index (χ3v) is 5.12. The molecule has 3 heterocycles. The number of hydrogen-bond donors (Lipinski definition) is 4. The third kappa shape index (κ3) is 4.45. The molecule has 0 spiro atoms. The van der Waals surface area contributed by atoms with Gasteiger partial charge in [0.05, 0.1) is 11.8 Å². The third-order valence-electron chi connectivity index (χ3n) is 5.12. The number of nitrogens with one attached hydrogen (secondary N) is 3. The minimum absolute atomic E-state index is 0.0737. The summed E-state index contributed by atoms with van der Waals surface area (Å²) in [4.78, 5) is 26.7. The molecule has 0 fully saturated rings. The van der Waals surface area contributed by atoms with Gasteiger partial charge >= 0.3 is 6.09 Å². The Balaban J connectivity index is 1.79. The van der Waals surface area contributed by atoms with E-state index in [-0.39, 0.29) is 5.96 Å². The fourth-order valence-corrected chi connectivity index (χ4v) is 3.63. The number of hydrogen-bond acceptors (Lipinski definition) is 5. The number of guanidine groups is 1. The van der Waals surface area contributed by atoms with E-state index in [2.05, 4.69) is 15.3 Å². The molecular formula is C23H28N8O2. The smallest absolute Gasteiger partial charge is 0.415 e. The van der Waals surface area contributed by atoms with Gasteiger partial charge in [0, 0.05) is 31.7 Å². The molecule has 0 atom stereocenters. The predicted octanol–water partition coefficient (Wildman–Crippen LogP) is 3.47. The van der Waals surface area contributed by atoms with Crippen LogP contribution in [0.3, 0.4) is 0 Å². The lowest BCUT2D eigenvalue weighted by Crippen LogP contribution is -2.34. The Labute approximate surface area is 191 Å². The van der Waals surface area contributed by atoms with E-state index in [4.69, 9.17) is 20.9 Å². The normalized spacial score (nSPS) is 11.7. The number of pyridine rings is 1. The quantitative estimate of drug-likeness (QED) is 0.279. The highest BCUT2D eigenvalue weighted by molar-refractivity contribution is 6.09. The molecule has 1 amide bonds. The standard InChI is InChI=1S/C23H28N8O2/c1-23(2,3)33-22(32)31(5)20-17-18(30(4)12-27-17)15-10-16(28-19(15)29-20)14-8-6-7-13(9-14)11-26-21(24)25/h6-10,12H,11H2,1-5H3,(H,28,29)(H4,24,25,26). The zero-order valence-corrected chi connectivity index (χ0v) is 19.4. The van der Waals surface area contributed by atoms with Crippen LogP contribution in [0.2, 0.25) is 0 Å². The van der Waals surface area contributed by atoms with Crippen molar-refractivity contribution in [2.24, 2.45) is 12.8 Å². The monoisotopic (exact) mass is 448 g/mol. The number of amides is 1. The zero-order valence-electron chi connectivity index (χ0n) is 19.4. The summed E-state index contributed by atoms with van der Waals surface area (Å²) in [7, 11) is 3.54. The second kappa shape index (κ2) is 8.12. The minimum atomic E-state index is -0.624. The van der Waals surface area contributed by atoms with Crippen LogP contribution in [0.5, 0.6) is 0 Å². The topological polar surface area (TPSA) is 138 Å². The van der Waals surface area contributed by atoms with E-state index in [1.165, 1.54) is 4.90 Å². The molecule has 172 valence electrons. The van der Waals surface area contributed by atoms with Crippen molar-refractivity contribution in [2.45, 2.75) is 32.9 Å². The summed E-state index contributed by atoms with van der Waals surface area (Å²) < 4.78 is 7.43. The first-order valence-corrected chi connectivity index (χ1v) is 10.5. The van der Waals surface area contributed by atoms with E-state index in [0.717, 1.165) is 27.7 Å². The van der Waals surface area contributed by atoms with Crippen molar-refractivity contribution in [3.05, 3.63) is 42.2 Å². The molecule has 0 unspecified atom stereocenters. The first kappa shape index (κ1) is 22.1. The molecule has 0 radical (unpaired) electrons. The highest BCUT2D eigenvalue weighted by Gasteiger charge is 2.25. The van der Waals surface area contributed by atoms with Gasteiger partial charge in [-0.05, 0) is 44.0 Å². The molecule has 3 aromatic heterocycles. The van der Waals surface area contributed by atoms with Gasteiger partial charge in [-0.15, -0.1) is 0 Å². The summed E-state index contributed by atoms with van der Waals surface area (Å²) in [5.74, 6) is 0.343. The van der Waals surface area contributed by atoms with Crippen molar-refractivity contribution in [3.63, 3.8) is 0 Å². The molecule has 10 nitrogen and oxygen atoms in total. The zero-order chi connectivity index (χ0) is 23.9. The Morgan fingerprint density at radius 1 is 1.33 bits per heavy atom. The molecule has 0 aliphatic rings. The first-order chi connectivity index (χ1) is 15.5. The fourth-order valence-electron chi connectivity index (χ4n) is 3.63. The van der Waals surface area contributed by atoms with Crippen molar-refractivity contribution >= 4 is 39.9 Å². The molecule has 33 heavy (non-hydrogen) atoms. The maximum Gasteiger partial charge on any atom is 0.415 e. The average Bonchev–Trinajstić information content (AvgIpc) is 3.33. The fraction of sp³-hybridized carbons (Fsp3) is 0.304. The predicted molar refractivity (Wildman–Crippen MR) is 129 cm³/mol. The summed E-state index contributed by atoms with van der Waals surface area (Å²) in [6.45, 7) is 5.92. The van der Waals surface area contributed by atoms with Gasteiger partial charge in [0.2, 0.25) is 0 Å². The van der Waals surface area contributed by atoms with Crippen molar-refractivity contribution in [2.75, 3.05) is 11.9 Å². The van der Waals surface area contributed by atoms with Crippen molar-refractivity contribution in [3.8, 4) is 11.3 Å². The number of carbonyl (C=O) groups is 1. The lowest BCUT2D eigenvalue weighted by molar-refractivity contribution is 0.0588. The van der Waals surface area contributed by atoms with Gasteiger partial charge in [-0.25, -0.2) is 14.8 Å². The molecular weight excluding hydrogens is 420 g/mol. The number of benzene rings is 1. The highest BCUT2D eigenvalue weighted by atomic mass is 16.6. The second-order valence-corrected chi connectivity index (χ2v) is 8.94. The first-order valence-electron chi connectivity index (χ1n) is 10.5. The molecule has 0 bridgehead atoms. The van der Waals surface area contributed by atoms with Gasteiger partial charge in [-0.3, -0.25) is 10.3 Å². The maximum atomic E-state index is 12.7. The van der Waals surface area contributed by atoms with Crippen molar-refractivity contribution in [1.29, 1.82) is 5.41 Å². The van der Waals surface area contributed by atoms with Crippen molar-refractivity contribution in [1.82, 2.24) is 24.8 Å². The summed E-state index contributed by atoms with van der Waals surface area (Å²) in [6, 6.07) is 9.96. The molecule has 4 aromatic rings. The Kier molecular flexibility index (Phi) is 5.44. The molecule has 1 aromatic carbocycles. The number of imidazole rings is 1. The van der Waals surface area contributed by atoms with Crippen LogP contribution in [-0.2, 0) is 18.3 Å². The molecule has 5 N–H and O–H groups in total. The number of nitrogens with two attached hydrogens (primary N) is 1. The van der Waals surface area contributed by atoms with Crippen LogP contribution >= 0.6 is 0 Å². The number of fused-ring (bicyclic) bond motifs is 3.